The SMILES string of the molecule is CCCC(C)N(CCC(C)(C)C)c1cc(C)cc(C)c1. The van der Waals surface area contributed by atoms with Crippen LogP contribution in [-0.2, 0) is 0 Å². The van der Waals surface area contributed by atoms with Gasteiger partial charge in [-0.1, -0.05) is 40.2 Å². The Balaban J connectivity index is 2.96. The predicted molar refractivity (Wildman–Crippen MR) is 91.7 cm³/mol. The second-order valence-electron chi connectivity index (χ2n) is 7.49. The van der Waals surface area contributed by atoms with Crippen LogP contribution >= 0.6 is 0 Å². The highest BCUT2D eigenvalue weighted by Crippen LogP contribution is 2.26. The maximum atomic E-state index is 2.61. The second-order valence-corrected chi connectivity index (χ2v) is 7.49. The van der Waals surface area contributed by atoms with Crippen molar-refractivity contribution in [2.24, 2.45) is 5.41 Å². The summed E-state index contributed by atoms with van der Waals surface area (Å²) in [4.78, 5) is 2.61. The molecule has 1 nitrogen and oxygen atoms in total. The van der Waals surface area contributed by atoms with Crippen LogP contribution < -0.4 is 4.90 Å². The molecular formula is C19H33N. The zero-order chi connectivity index (χ0) is 15.3. The highest BCUT2D eigenvalue weighted by atomic mass is 15.2. The fourth-order valence-corrected chi connectivity index (χ4v) is 2.75. The van der Waals surface area contributed by atoms with Gasteiger partial charge in [0.2, 0.25) is 0 Å². The first kappa shape index (κ1) is 17.1. The van der Waals surface area contributed by atoms with E-state index in [-0.39, 0.29) is 0 Å². The summed E-state index contributed by atoms with van der Waals surface area (Å²) in [5.74, 6) is 0. The molecule has 1 aromatic carbocycles. The molecule has 0 aliphatic heterocycles. The molecule has 0 spiro atoms. The first-order valence-electron chi connectivity index (χ1n) is 8.08. The van der Waals surface area contributed by atoms with Crippen LogP contribution in [0.25, 0.3) is 0 Å². The third-order valence-electron chi connectivity index (χ3n) is 3.88. The molecule has 20 heavy (non-hydrogen) atoms. The molecule has 0 fully saturated rings. The van der Waals surface area contributed by atoms with Crippen LogP contribution in [0.4, 0.5) is 5.69 Å². The van der Waals surface area contributed by atoms with Gasteiger partial charge in [-0.3, -0.25) is 0 Å². The molecule has 0 aliphatic rings. The van der Waals surface area contributed by atoms with Gasteiger partial charge in [0.05, 0.1) is 0 Å². The van der Waals surface area contributed by atoms with Gasteiger partial charge < -0.3 is 4.90 Å². The summed E-state index contributed by atoms with van der Waals surface area (Å²) >= 11 is 0. The Morgan fingerprint density at radius 2 is 1.60 bits per heavy atom. The third kappa shape index (κ3) is 5.56. The fraction of sp³-hybridized carbons (Fsp3) is 0.684. The van der Waals surface area contributed by atoms with Crippen molar-refractivity contribution in [3.63, 3.8) is 0 Å². The van der Waals surface area contributed by atoms with Gasteiger partial charge in [0.25, 0.3) is 0 Å². The number of anilines is 1. The van der Waals surface area contributed by atoms with Gasteiger partial charge in [0.15, 0.2) is 0 Å². The van der Waals surface area contributed by atoms with Crippen LogP contribution in [0.15, 0.2) is 18.2 Å². The van der Waals surface area contributed by atoms with Crippen molar-refractivity contribution < 1.29 is 0 Å². The lowest BCUT2D eigenvalue weighted by Gasteiger charge is -2.34. The molecule has 0 radical (unpaired) electrons. The Morgan fingerprint density at radius 3 is 2.05 bits per heavy atom. The van der Waals surface area contributed by atoms with Gasteiger partial charge in [-0.05, 0) is 62.3 Å². The number of benzene rings is 1. The van der Waals surface area contributed by atoms with Gasteiger partial charge in [-0.2, -0.15) is 0 Å². The van der Waals surface area contributed by atoms with E-state index in [2.05, 4.69) is 71.6 Å². The maximum absolute atomic E-state index is 2.61. The summed E-state index contributed by atoms with van der Waals surface area (Å²) < 4.78 is 0. The molecule has 0 bridgehead atoms. The molecule has 0 heterocycles. The van der Waals surface area contributed by atoms with E-state index in [1.54, 1.807) is 0 Å². The van der Waals surface area contributed by atoms with E-state index in [0.717, 1.165) is 6.54 Å². The molecule has 1 unspecified atom stereocenters. The summed E-state index contributed by atoms with van der Waals surface area (Å²) in [6, 6.07) is 7.54. The number of aryl methyl sites for hydroxylation is 2. The van der Waals surface area contributed by atoms with E-state index in [1.165, 1.54) is 36.1 Å². The van der Waals surface area contributed by atoms with Crippen molar-refractivity contribution in [1.82, 2.24) is 0 Å². The van der Waals surface area contributed by atoms with Crippen LogP contribution in [0.2, 0.25) is 0 Å². The quantitative estimate of drug-likeness (QED) is 0.640. The monoisotopic (exact) mass is 275 g/mol. The zero-order valence-corrected chi connectivity index (χ0v) is 14.6. The molecule has 0 saturated carbocycles. The maximum Gasteiger partial charge on any atom is 0.0373 e. The Labute approximate surface area is 126 Å². The molecule has 0 saturated heterocycles. The minimum absolute atomic E-state index is 0.392. The topological polar surface area (TPSA) is 3.24 Å². The van der Waals surface area contributed by atoms with Crippen molar-refractivity contribution >= 4 is 5.69 Å². The van der Waals surface area contributed by atoms with Crippen molar-refractivity contribution in [3.8, 4) is 0 Å². The third-order valence-corrected chi connectivity index (χ3v) is 3.88. The normalized spacial score (nSPS) is 13.3. The average Bonchev–Trinajstić information content (AvgIpc) is 2.26. The molecule has 114 valence electrons. The highest BCUT2D eigenvalue weighted by Gasteiger charge is 2.18. The van der Waals surface area contributed by atoms with Crippen molar-refractivity contribution in [1.29, 1.82) is 0 Å². The highest BCUT2D eigenvalue weighted by molar-refractivity contribution is 5.51. The summed E-state index contributed by atoms with van der Waals surface area (Å²) in [6.07, 6.45) is 3.74. The van der Waals surface area contributed by atoms with Gasteiger partial charge >= 0.3 is 0 Å². The lowest BCUT2D eigenvalue weighted by atomic mass is 9.91. The molecule has 1 aromatic rings. The van der Waals surface area contributed by atoms with Gasteiger partial charge in [0.1, 0.15) is 0 Å². The number of rotatable bonds is 6. The number of nitrogens with zero attached hydrogens (tertiary/aromatic N) is 1. The van der Waals surface area contributed by atoms with Crippen LogP contribution in [0.1, 0.15) is 65.0 Å². The molecule has 1 rings (SSSR count). The molecule has 1 atom stereocenters. The lowest BCUT2D eigenvalue weighted by molar-refractivity contribution is 0.371. The van der Waals surface area contributed by atoms with Gasteiger partial charge in [0, 0.05) is 18.3 Å². The molecular weight excluding hydrogens is 242 g/mol. The van der Waals surface area contributed by atoms with Gasteiger partial charge in [-0.15, -0.1) is 0 Å². The minimum Gasteiger partial charge on any atom is -0.369 e. The minimum atomic E-state index is 0.392. The largest absolute Gasteiger partial charge is 0.369 e. The first-order valence-corrected chi connectivity index (χ1v) is 8.08. The van der Waals surface area contributed by atoms with Gasteiger partial charge in [-0.25, -0.2) is 0 Å². The molecule has 0 N–H and O–H groups in total. The number of hydrogen-bond donors (Lipinski definition) is 0. The van der Waals surface area contributed by atoms with Crippen molar-refractivity contribution in [2.45, 2.75) is 73.8 Å². The summed E-state index contributed by atoms with van der Waals surface area (Å²) in [5.41, 5.74) is 4.52. The Bertz CT molecular complexity index is 394. The van der Waals surface area contributed by atoms with Crippen molar-refractivity contribution in [3.05, 3.63) is 29.3 Å². The van der Waals surface area contributed by atoms with Crippen LogP contribution in [0.3, 0.4) is 0 Å². The Hall–Kier alpha value is -0.980. The lowest BCUT2D eigenvalue weighted by Crippen LogP contribution is -2.35. The van der Waals surface area contributed by atoms with E-state index < -0.39 is 0 Å². The summed E-state index contributed by atoms with van der Waals surface area (Å²) in [7, 11) is 0. The molecule has 0 amide bonds. The summed E-state index contributed by atoms with van der Waals surface area (Å²) in [6.45, 7) is 17.2. The Morgan fingerprint density at radius 1 is 1.05 bits per heavy atom. The smallest absolute Gasteiger partial charge is 0.0373 e. The van der Waals surface area contributed by atoms with Crippen LogP contribution in [0, 0.1) is 19.3 Å². The van der Waals surface area contributed by atoms with Crippen LogP contribution in [-0.4, -0.2) is 12.6 Å². The number of hydrogen-bond acceptors (Lipinski definition) is 1. The predicted octanol–water partition coefficient (Wildman–Crippen LogP) is 5.73. The van der Waals surface area contributed by atoms with E-state index in [4.69, 9.17) is 0 Å². The van der Waals surface area contributed by atoms with Crippen molar-refractivity contribution in [2.75, 3.05) is 11.4 Å². The molecule has 0 aliphatic carbocycles. The summed E-state index contributed by atoms with van der Waals surface area (Å²) in [5, 5.41) is 0. The van der Waals surface area contributed by atoms with E-state index in [0.29, 0.717) is 11.5 Å². The molecule has 1 heteroatoms. The van der Waals surface area contributed by atoms with E-state index in [1.807, 2.05) is 0 Å². The standard InChI is InChI=1S/C19H33N/c1-8-9-17(4)20(11-10-19(5,6)7)18-13-15(2)12-16(3)14-18/h12-14,17H,8-11H2,1-7H3. The average molecular weight is 275 g/mol. The first-order chi connectivity index (χ1) is 9.23. The zero-order valence-electron chi connectivity index (χ0n) is 14.6. The Kier molecular flexibility index (Phi) is 6.10. The van der Waals surface area contributed by atoms with Crippen LogP contribution in [0.5, 0.6) is 0 Å². The fourth-order valence-electron chi connectivity index (χ4n) is 2.75. The van der Waals surface area contributed by atoms with E-state index >= 15 is 0 Å². The second kappa shape index (κ2) is 7.15. The van der Waals surface area contributed by atoms with E-state index in [9.17, 15) is 0 Å². The molecule has 0 aromatic heterocycles.